The average Bonchev–Trinajstić information content (AvgIpc) is 2.38. The van der Waals surface area contributed by atoms with E-state index in [1.165, 1.54) is 12.1 Å². The van der Waals surface area contributed by atoms with E-state index in [1.54, 1.807) is 6.07 Å². The van der Waals surface area contributed by atoms with Gasteiger partial charge in [0.15, 0.2) is 0 Å². The first-order valence-corrected chi connectivity index (χ1v) is 6.05. The van der Waals surface area contributed by atoms with E-state index in [0.29, 0.717) is 24.3 Å². The van der Waals surface area contributed by atoms with Crippen LogP contribution in [0.25, 0.3) is 0 Å². The Morgan fingerprint density at radius 2 is 2.22 bits per heavy atom. The van der Waals surface area contributed by atoms with Crippen molar-refractivity contribution in [1.29, 1.82) is 5.26 Å². The second kappa shape index (κ2) is 7.51. The largest absolute Gasteiger partial charge is 0.493 e. The first kappa shape index (κ1) is 14.3. The van der Waals surface area contributed by atoms with Crippen molar-refractivity contribution in [3.63, 3.8) is 0 Å². The molecule has 18 heavy (non-hydrogen) atoms. The Kier molecular flexibility index (Phi) is 5.95. The van der Waals surface area contributed by atoms with Gasteiger partial charge in [0.2, 0.25) is 0 Å². The summed E-state index contributed by atoms with van der Waals surface area (Å²) in [5.74, 6) is 0.724. The van der Waals surface area contributed by atoms with E-state index < -0.39 is 4.92 Å². The molecule has 6 heteroatoms. The van der Waals surface area contributed by atoms with Crippen LogP contribution in [0.3, 0.4) is 0 Å². The third-order valence-corrected chi connectivity index (χ3v) is 2.63. The first-order valence-electron chi connectivity index (χ1n) is 5.52. The van der Waals surface area contributed by atoms with E-state index >= 15 is 0 Å². The highest BCUT2D eigenvalue weighted by Gasteiger charge is 2.10. The fraction of sp³-hybridized carbons (Fsp3) is 0.417. The predicted molar refractivity (Wildman–Crippen MR) is 67.6 cm³/mol. The number of hydrogen-bond donors (Lipinski definition) is 0. The molecule has 0 saturated carbocycles. The van der Waals surface area contributed by atoms with E-state index in [4.69, 9.17) is 21.6 Å². The van der Waals surface area contributed by atoms with Crippen LogP contribution < -0.4 is 4.74 Å². The molecular formula is C12H13ClN2O3. The quantitative estimate of drug-likeness (QED) is 0.329. The zero-order chi connectivity index (χ0) is 13.4. The highest BCUT2D eigenvalue weighted by molar-refractivity contribution is 6.17. The molecular weight excluding hydrogens is 256 g/mol. The fourth-order valence-electron chi connectivity index (χ4n) is 1.41. The third kappa shape index (κ3) is 4.22. The summed E-state index contributed by atoms with van der Waals surface area (Å²) >= 11 is 5.73. The summed E-state index contributed by atoms with van der Waals surface area (Å²) in [4.78, 5) is 10.1. The number of halogens is 1. The maximum Gasteiger partial charge on any atom is 0.270 e. The van der Waals surface area contributed by atoms with Crippen molar-refractivity contribution in [2.45, 2.75) is 25.1 Å². The Bertz CT molecular complexity index is 457. The van der Waals surface area contributed by atoms with E-state index in [9.17, 15) is 10.1 Å². The minimum absolute atomic E-state index is 0.00230. The van der Waals surface area contributed by atoms with E-state index in [0.717, 1.165) is 12.8 Å². The van der Waals surface area contributed by atoms with Gasteiger partial charge in [-0.1, -0.05) is 0 Å². The molecule has 0 heterocycles. The number of rotatable bonds is 7. The normalized spacial score (nSPS) is 9.78. The van der Waals surface area contributed by atoms with Gasteiger partial charge in [0.25, 0.3) is 5.69 Å². The molecule has 0 saturated heterocycles. The van der Waals surface area contributed by atoms with Crippen LogP contribution >= 0.6 is 11.6 Å². The van der Waals surface area contributed by atoms with Crippen molar-refractivity contribution in [2.75, 3.05) is 6.61 Å². The van der Waals surface area contributed by atoms with Crippen molar-refractivity contribution < 1.29 is 9.66 Å². The zero-order valence-electron chi connectivity index (χ0n) is 9.76. The maximum atomic E-state index is 10.6. The average molecular weight is 269 g/mol. The van der Waals surface area contributed by atoms with Gasteiger partial charge in [-0.15, -0.1) is 11.6 Å². The highest BCUT2D eigenvalue weighted by atomic mass is 35.5. The molecule has 1 aromatic carbocycles. The van der Waals surface area contributed by atoms with Crippen LogP contribution in [-0.2, 0) is 5.88 Å². The molecule has 0 bridgehead atoms. The summed E-state index contributed by atoms with van der Waals surface area (Å²) in [5, 5.41) is 19.0. The lowest BCUT2D eigenvalue weighted by Crippen LogP contribution is -2.00. The first-order chi connectivity index (χ1) is 8.69. The van der Waals surface area contributed by atoms with Gasteiger partial charge in [0.1, 0.15) is 5.75 Å². The highest BCUT2D eigenvalue weighted by Crippen LogP contribution is 2.25. The molecule has 5 nitrogen and oxygen atoms in total. The number of unbranched alkanes of at least 4 members (excludes halogenated alkanes) is 2. The topological polar surface area (TPSA) is 76.2 Å². The molecule has 0 fully saturated rings. The number of ether oxygens (including phenoxy) is 1. The number of alkyl halides is 1. The number of hydrogen-bond acceptors (Lipinski definition) is 4. The Hall–Kier alpha value is -1.80. The van der Waals surface area contributed by atoms with Crippen LogP contribution in [0.1, 0.15) is 24.8 Å². The molecule has 0 aromatic heterocycles. The molecule has 96 valence electrons. The number of benzene rings is 1. The van der Waals surface area contributed by atoms with Gasteiger partial charge in [-0.25, -0.2) is 0 Å². The fourth-order valence-corrected chi connectivity index (χ4v) is 1.62. The Morgan fingerprint density at radius 3 is 2.83 bits per heavy atom. The standard InChI is InChI=1S/C12H13ClN2O3/c13-9-10-8-11(15(16)17)4-5-12(10)18-7-3-1-2-6-14/h4-5,8H,1-3,7,9H2. The number of nitro groups is 1. The monoisotopic (exact) mass is 268 g/mol. The summed E-state index contributed by atoms with van der Waals surface area (Å²) in [6.45, 7) is 0.476. The van der Waals surface area contributed by atoms with Crippen molar-refractivity contribution >= 4 is 17.3 Å². The molecule has 0 aliphatic rings. The van der Waals surface area contributed by atoms with Gasteiger partial charge in [-0.3, -0.25) is 10.1 Å². The van der Waals surface area contributed by atoms with Crippen LogP contribution in [0.15, 0.2) is 18.2 Å². The molecule has 1 rings (SSSR count). The van der Waals surface area contributed by atoms with Crippen LogP contribution in [0.4, 0.5) is 5.69 Å². The van der Waals surface area contributed by atoms with Crippen LogP contribution in [0.5, 0.6) is 5.75 Å². The van der Waals surface area contributed by atoms with Gasteiger partial charge in [-0.05, 0) is 18.9 Å². The summed E-state index contributed by atoms with van der Waals surface area (Å²) in [6, 6.07) is 6.42. The molecule has 0 atom stereocenters. The van der Waals surface area contributed by atoms with Gasteiger partial charge < -0.3 is 4.74 Å². The van der Waals surface area contributed by atoms with Crippen molar-refractivity contribution in [3.05, 3.63) is 33.9 Å². The Balaban J connectivity index is 2.60. The van der Waals surface area contributed by atoms with Crippen LogP contribution in [-0.4, -0.2) is 11.5 Å². The minimum Gasteiger partial charge on any atom is -0.493 e. The van der Waals surface area contributed by atoms with Crippen molar-refractivity contribution in [3.8, 4) is 11.8 Å². The predicted octanol–water partition coefficient (Wildman–Crippen LogP) is 3.41. The smallest absolute Gasteiger partial charge is 0.270 e. The summed E-state index contributed by atoms with van der Waals surface area (Å²) in [7, 11) is 0. The number of non-ortho nitro benzene ring substituents is 1. The maximum absolute atomic E-state index is 10.6. The lowest BCUT2D eigenvalue weighted by Gasteiger charge is -2.09. The van der Waals surface area contributed by atoms with E-state index in [1.807, 2.05) is 0 Å². The molecule has 1 aromatic rings. The van der Waals surface area contributed by atoms with Crippen LogP contribution in [0, 0.1) is 21.4 Å². The minimum atomic E-state index is -0.466. The van der Waals surface area contributed by atoms with Gasteiger partial charge in [-0.2, -0.15) is 5.26 Å². The van der Waals surface area contributed by atoms with Crippen molar-refractivity contribution in [1.82, 2.24) is 0 Å². The molecule has 0 N–H and O–H groups in total. The van der Waals surface area contributed by atoms with Gasteiger partial charge in [0.05, 0.1) is 23.5 Å². The van der Waals surface area contributed by atoms with Gasteiger partial charge >= 0.3 is 0 Å². The van der Waals surface area contributed by atoms with Gasteiger partial charge in [0, 0.05) is 24.1 Å². The number of nitriles is 1. The lowest BCUT2D eigenvalue weighted by molar-refractivity contribution is -0.384. The molecule has 0 unspecified atom stereocenters. The second-order valence-electron chi connectivity index (χ2n) is 3.65. The number of nitro benzene ring substituents is 1. The molecule has 0 aliphatic carbocycles. The van der Waals surface area contributed by atoms with Crippen LogP contribution in [0.2, 0.25) is 0 Å². The SMILES string of the molecule is N#CCCCCOc1ccc([N+](=O)[O-])cc1CCl. The molecule has 0 amide bonds. The molecule has 0 radical (unpaired) electrons. The zero-order valence-corrected chi connectivity index (χ0v) is 10.5. The van der Waals surface area contributed by atoms with E-state index in [2.05, 4.69) is 6.07 Å². The van der Waals surface area contributed by atoms with Crippen molar-refractivity contribution in [2.24, 2.45) is 0 Å². The lowest BCUT2D eigenvalue weighted by atomic mass is 10.2. The summed E-state index contributed by atoms with van der Waals surface area (Å²) < 4.78 is 5.49. The summed E-state index contributed by atoms with van der Waals surface area (Å²) in [5.41, 5.74) is 0.605. The Labute approximate surface area is 110 Å². The number of nitrogens with zero attached hydrogens (tertiary/aromatic N) is 2. The molecule has 0 spiro atoms. The molecule has 0 aliphatic heterocycles. The Morgan fingerprint density at radius 1 is 1.44 bits per heavy atom. The van der Waals surface area contributed by atoms with E-state index in [-0.39, 0.29) is 11.6 Å². The summed E-state index contributed by atoms with van der Waals surface area (Å²) in [6.07, 6.45) is 2.05. The second-order valence-corrected chi connectivity index (χ2v) is 3.91. The third-order valence-electron chi connectivity index (χ3n) is 2.34.